The van der Waals surface area contributed by atoms with Crippen molar-refractivity contribution in [1.29, 1.82) is 0 Å². The van der Waals surface area contributed by atoms with Crippen molar-refractivity contribution < 1.29 is 4.39 Å². The van der Waals surface area contributed by atoms with Gasteiger partial charge < -0.3 is 5.32 Å². The third kappa shape index (κ3) is 3.14. The number of nitrogens with zero attached hydrogens (tertiary/aromatic N) is 2. The maximum absolute atomic E-state index is 12.7. The first-order valence-electron chi connectivity index (χ1n) is 4.81. The highest BCUT2D eigenvalue weighted by atomic mass is 79.9. The lowest BCUT2D eigenvalue weighted by molar-refractivity contribution is 0.627. The highest BCUT2D eigenvalue weighted by molar-refractivity contribution is 9.10. The second kappa shape index (κ2) is 5.42. The molecule has 6 heteroatoms. The molecule has 2 aromatic rings. The molecule has 1 aromatic heterocycles. The molecule has 0 aliphatic heterocycles. The molecule has 88 valence electrons. The molecule has 0 bridgehead atoms. The lowest BCUT2D eigenvalue weighted by atomic mass is 10.2. The number of halogens is 3. The zero-order valence-electron chi connectivity index (χ0n) is 8.62. The van der Waals surface area contributed by atoms with E-state index < -0.39 is 0 Å². The van der Waals surface area contributed by atoms with E-state index in [0.717, 1.165) is 5.56 Å². The van der Waals surface area contributed by atoms with Crippen LogP contribution in [0, 0.1) is 5.82 Å². The van der Waals surface area contributed by atoms with Crippen molar-refractivity contribution >= 4 is 33.3 Å². The van der Waals surface area contributed by atoms with Crippen LogP contribution in [0.25, 0.3) is 0 Å². The number of aromatic nitrogens is 2. The predicted octanol–water partition coefficient (Wildman–Crippen LogP) is 3.64. The molecule has 0 saturated carbocycles. The summed E-state index contributed by atoms with van der Waals surface area (Å²) >= 11 is 9.11. The summed E-state index contributed by atoms with van der Waals surface area (Å²) in [6.07, 6.45) is 1.38. The van der Waals surface area contributed by atoms with Crippen LogP contribution in [0.4, 0.5) is 10.2 Å². The Morgan fingerprint density at radius 1 is 1.24 bits per heavy atom. The van der Waals surface area contributed by atoms with Gasteiger partial charge in [0, 0.05) is 6.54 Å². The number of benzene rings is 1. The standard InChI is InChI=1S/C11H8BrClFN3/c12-9-10(13)16-6-17-11(9)15-5-7-1-3-8(14)4-2-7/h1-4,6H,5H2,(H,15,16,17). The summed E-state index contributed by atoms with van der Waals surface area (Å²) < 4.78 is 13.3. The van der Waals surface area contributed by atoms with Crippen LogP contribution in [0.2, 0.25) is 5.15 Å². The van der Waals surface area contributed by atoms with Crippen molar-refractivity contribution in [2.24, 2.45) is 0 Å². The van der Waals surface area contributed by atoms with Gasteiger partial charge in [0.05, 0.1) is 4.47 Å². The Kier molecular flexibility index (Phi) is 3.91. The van der Waals surface area contributed by atoms with Gasteiger partial charge in [-0.3, -0.25) is 0 Å². The molecule has 3 nitrogen and oxygen atoms in total. The van der Waals surface area contributed by atoms with Crippen LogP contribution >= 0.6 is 27.5 Å². The molecule has 0 fully saturated rings. The van der Waals surface area contributed by atoms with Crippen LogP contribution in [0.1, 0.15) is 5.56 Å². The molecule has 2 rings (SSSR count). The van der Waals surface area contributed by atoms with Crippen LogP contribution in [0.5, 0.6) is 0 Å². The Bertz CT molecular complexity index is 519. The van der Waals surface area contributed by atoms with E-state index in [1.54, 1.807) is 12.1 Å². The molecule has 0 aliphatic rings. The summed E-state index contributed by atoms with van der Waals surface area (Å²) in [6.45, 7) is 0.534. The second-order valence-corrected chi connectivity index (χ2v) is 4.46. The number of nitrogens with one attached hydrogen (secondary N) is 1. The van der Waals surface area contributed by atoms with Gasteiger partial charge in [0.15, 0.2) is 0 Å². The molecule has 0 unspecified atom stereocenters. The molecular formula is C11H8BrClFN3. The number of hydrogen-bond acceptors (Lipinski definition) is 3. The normalized spacial score (nSPS) is 10.3. The molecule has 0 radical (unpaired) electrons. The third-order valence-electron chi connectivity index (χ3n) is 2.12. The van der Waals surface area contributed by atoms with E-state index in [4.69, 9.17) is 11.6 Å². The van der Waals surface area contributed by atoms with Crippen molar-refractivity contribution in [3.63, 3.8) is 0 Å². The third-order valence-corrected chi connectivity index (χ3v) is 3.39. The van der Waals surface area contributed by atoms with Crippen molar-refractivity contribution in [2.75, 3.05) is 5.32 Å². The SMILES string of the molecule is Fc1ccc(CNc2ncnc(Cl)c2Br)cc1. The minimum absolute atomic E-state index is 0.250. The van der Waals surface area contributed by atoms with E-state index in [0.29, 0.717) is 22.0 Å². The first kappa shape index (κ1) is 12.3. The molecule has 0 aliphatic carbocycles. The van der Waals surface area contributed by atoms with E-state index in [9.17, 15) is 4.39 Å². The monoisotopic (exact) mass is 315 g/mol. The highest BCUT2D eigenvalue weighted by Gasteiger charge is 2.05. The summed E-state index contributed by atoms with van der Waals surface area (Å²) in [6, 6.07) is 6.25. The Labute approximate surface area is 111 Å². The quantitative estimate of drug-likeness (QED) is 0.879. The molecule has 17 heavy (non-hydrogen) atoms. The average molecular weight is 317 g/mol. The van der Waals surface area contributed by atoms with E-state index in [-0.39, 0.29) is 5.82 Å². The van der Waals surface area contributed by atoms with E-state index >= 15 is 0 Å². The Morgan fingerprint density at radius 2 is 1.94 bits per heavy atom. The van der Waals surface area contributed by atoms with Crippen LogP contribution in [0.15, 0.2) is 35.1 Å². The Hall–Kier alpha value is -1.20. The van der Waals surface area contributed by atoms with Crippen LogP contribution in [0.3, 0.4) is 0 Å². The van der Waals surface area contributed by atoms with Crippen molar-refractivity contribution in [3.8, 4) is 0 Å². The van der Waals surface area contributed by atoms with Gasteiger partial charge in [0.25, 0.3) is 0 Å². The van der Waals surface area contributed by atoms with Gasteiger partial charge in [0.1, 0.15) is 23.1 Å². The fourth-order valence-corrected chi connectivity index (χ4v) is 1.74. The average Bonchev–Trinajstić information content (AvgIpc) is 2.33. The van der Waals surface area contributed by atoms with Gasteiger partial charge in [0.2, 0.25) is 0 Å². The molecule has 1 N–H and O–H groups in total. The van der Waals surface area contributed by atoms with Crippen LogP contribution in [-0.2, 0) is 6.54 Å². The molecule has 0 amide bonds. The largest absolute Gasteiger partial charge is 0.365 e. The fraction of sp³-hybridized carbons (Fsp3) is 0.0909. The number of hydrogen-bond donors (Lipinski definition) is 1. The van der Waals surface area contributed by atoms with Gasteiger partial charge in [-0.05, 0) is 33.6 Å². The number of rotatable bonds is 3. The van der Waals surface area contributed by atoms with Gasteiger partial charge in [-0.25, -0.2) is 14.4 Å². The maximum Gasteiger partial charge on any atom is 0.148 e. The highest BCUT2D eigenvalue weighted by Crippen LogP contribution is 2.26. The summed E-state index contributed by atoms with van der Waals surface area (Å²) in [5, 5.41) is 3.43. The maximum atomic E-state index is 12.7. The van der Waals surface area contributed by atoms with Gasteiger partial charge in [-0.15, -0.1) is 0 Å². The van der Waals surface area contributed by atoms with E-state index in [1.807, 2.05) is 0 Å². The summed E-state index contributed by atoms with van der Waals surface area (Å²) in [7, 11) is 0. The topological polar surface area (TPSA) is 37.8 Å². The molecule has 0 saturated heterocycles. The van der Waals surface area contributed by atoms with Crippen LogP contribution < -0.4 is 5.32 Å². The summed E-state index contributed by atoms with van der Waals surface area (Å²) in [5.41, 5.74) is 0.952. The fourth-order valence-electron chi connectivity index (χ4n) is 1.26. The molecule has 0 atom stereocenters. The van der Waals surface area contributed by atoms with Crippen LogP contribution in [-0.4, -0.2) is 9.97 Å². The van der Waals surface area contributed by atoms with E-state index in [2.05, 4.69) is 31.2 Å². The van der Waals surface area contributed by atoms with E-state index in [1.165, 1.54) is 18.5 Å². The minimum atomic E-state index is -0.250. The smallest absolute Gasteiger partial charge is 0.148 e. The Balaban J connectivity index is 2.07. The zero-order chi connectivity index (χ0) is 12.3. The summed E-state index contributed by atoms with van der Waals surface area (Å²) in [5.74, 6) is 0.356. The van der Waals surface area contributed by atoms with Gasteiger partial charge in [-0.1, -0.05) is 23.7 Å². The lowest BCUT2D eigenvalue weighted by Crippen LogP contribution is -2.02. The summed E-state index contributed by atoms with van der Waals surface area (Å²) in [4.78, 5) is 7.87. The zero-order valence-corrected chi connectivity index (χ0v) is 11.0. The predicted molar refractivity (Wildman–Crippen MR) is 68.5 cm³/mol. The van der Waals surface area contributed by atoms with Gasteiger partial charge in [-0.2, -0.15) is 0 Å². The molecule has 0 spiro atoms. The molecular weight excluding hydrogens is 308 g/mol. The lowest BCUT2D eigenvalue weighted by Gasteiger charge is -2.07. The number of anilines is 1. The van der Waals surface area contributed by atoms with Crippen molar-refractivity contribution in [1.82, 2.24) is 9.97 Å². The van der Waals surface area contributed by atoms with Crippen molar-refractivity contribution in [2.45, 2.75) is 6.54 Å². The first-order chi connectivity index (χ1) is 8.16. The molecule has 1 aromatic carbocycles. The van der Waals surface area contributed by atoms with Gasteiger partial charge >= 0.3 is 0 Å². The Morgan fingerprint density at radius 3 is 2.65 bits per heavy atom. The van der Waals surface area contributed by atoms with Crippen molar-refractivity contribution in [3.05, 3.63) is 51.6 Å². The minimum Gasteiger partial charge on any atom is -0.365 e. The first-order valence-corrected chi connectivity index (χ1v) is 5.98. The molecule has 1 heterocycles. The second-order valence-electron chi connectivity index (χ2n) is 3.31.